The summed E-state index contributed by atoms with van der Waals surface area (Å²) in [4.78, 5) is 22.3. The summed E-state index contributed by atoms with van der Waals surface area (Å²) in [5.74, 6) is 2.08. The number of morpholine rings is 1. The topological polar surface area (TPSA) is 68.0 Å². The van der Waals surface area contributed by atoms with Gasteiger partial charge in [0.25, 0.3) is 5.91 Å². The lowest BCUT2D eigenvalue weighted by Crippen LogP contribution is -2.39. The van der Waals surface area contributed by atoms with E-state index in [1.807, 2.05) is 38.1 Å². The van der Waals surface area contributed by atoms with Gasteiger partial charge in [0.15, 0.2) is 5.13 Å². The molecule has 1 amide bonds. The average molecular weight is 466 g/mol. The Kier molecular flexibility index (Phi) is 7.94. The van der Waals surface area contributed by atoms with Gasteiger partial charge in [-0.1, -0.05) is 11.3 Å². The van der Waals surface area contributed by atoms with E-state index in [1.54, 1.807) is 12.0 Å². The fourth-order valence-corrected chi connectivity index (χ4v) is 4.70. The van der Waals surface area contributed by atoms with Crippen molar-refractivity contribution in [1.82, 2.24) is 9.88 Å². The van der Waals surface area contributed by atoms with Gasteiger partial charge in [-0.2, -0.15) is 0 Å². The van der Waals surface area contributed by atoms with Crippen LogP contribution >= 0.6 is 23.7 Å². The molecule has 0 unspecified atom stereocenters. The molecule has 0 N–H and O–H groups in total. The minimum absolute atomic E-state index is 0. The van der Waals surface area contributed by atoms with E-state index in [0.29, 0.717) is 23.0 Å². The van der Waals surface area contributed by atoms with E-state index in [-0.39, 0.29) is 18.3 Å². The van der Waals surface area contributed by atoms with Crippen LogP contribution in [0.1, 0.15) is 28.3 Å². The van der Waals surface area contributed by atoms with Gasteiger partial charge in [0.1, 0.15) is 17.3 Å². The SMILES string of the molecule is COc1ccc2nc(N(CCCN3CCOCC3)C(=O)c3cc(C)oc3C)sc2c1.Cl. The number of ether oxygens (including phenoxy) is 2. The lowest BCUT2D eigenvalue weighted by Gasteiger charge is -2.27. The van der Waals surface area contributed by atoms with Crippen molar-refractivity contribution < 1.29 is 18.7 Å². The Morgan fingerprint density at radius 1 is 1.26 bits per heavy atom. The molecule has 1 saturated heterocycles. The van der Waals surface area contributed by atoms with Crippen LogP contribution in [0.3, 0.4) is 0 Å². The molecule has 0 spiro atoms. The van der Waals surface area contributed by atoms with Gasteiger partial charge in [0.05, 0.1) is 36.1 Å². The van der Waals surface area contributed by atoms with Crippen molar-refractivity contribution in [3.63, 3.8) is 0 Å². The molecule has 31 heavy (non-hydrogen) atoms. The highest BCUT2D eigenvalue weighted by molar-refractivity contribution is 7.22. The molecular weight excluding hydrogens is 438 g/mol. The molecule has 2 aromatic heterocycles. The number of carbonyl (C=O) groups is 1. The second-order valence-corrected chi connectivity index (χ2v) is 8.43. The van der Waals surface area contributed by atoms with Crippen molar-refractivity contribution >= 4 is 45.0 Å². The predicted octanol–water partition coefficient (Wildman–Crippen LogP) is 4.31. The number of benzene rings is 1. The van der Waals surface area contributed by atoms with Gasteiger partial charge in [-0.25, -0.2) is 4.98 Å². The monoisotopic (exact) mass is 465 g/mol. The molecule has 0 radical (unpaired) electrons. The highest BCUT2D eigenvalue weighted by atomic mass is 35.5. The summed E-state index contributed by atoms with van der Waals surface area (Å²) < 4.78 is 17.4. The van der Waals surface area contributed by atoms with E-state index in [0.717, 1.165) is 61.0 Å². The molecule has 1 aromatic carbocycles. The Bertz CT molecular complexity index is 1030. The summed E-state index contributed by atoms with van der Waals surface area (Å²) in [5, 5.41) is 0.698. The molecule has 0 atom stereocenters. The second-order valence-electron chi connectivity index (χ2n) is 7.42. The molecule has 0 saturated carbocycles. The van der Waals surface area contributed by atoms with Gasteiger partial charge in [0.2, 0.25) is 0 Å². The number of aromatic nitrogens is 1. The zero-order valence-electron chi connectivity index (χ0n) is 18.1. The summed E-state index contributed by atoms with van der Waals surface area (Å²) >= 11 is 1.51. The average Bonchev–Trinajstić information content (AvgIpc) is 3.33. The lowest BCUT2D eigenvalue weighted by atomic mass is 10.2. The van der Waals surface area contributed by atoms with Crippen LogP contribution < -0.4 is 9.64 Å². The van der Waals surface area contributed by atoms with Crippen molar-refractivity contribution in [1.29, 1.82) is 0 Å². The third kappa shape index (κ3) is 5.38. The lowest BCUT2D eigenvalue weighted by molar-refractivity contribution is 0.0376. The first-order valence-electron chi connectivity index (χ1n) is 10.2. The van der Waals surface area contributed by atoms with E-state index < -0.39 is 0 Å². The van der Waals surface area contributed by atoms with Gasteiger partial charge in [0, 0.05) is 26.2 Å². The molecule has 1 fully saturated rings. The summed E-state index contributed by atoms with van der Waals surface area (Å²) in [5.41, 5.74) is 1.46. The van der Waals surface area contributed by atoms with Gasteiger partial charge in [-0.05, 0) is 44.5 Å². The fourth-order valence-electron chi connectivity index (χ4n) is 3.69. The predicted molar refractivity (Wildman–Crippen MR) is 125 cm³/mol. The number of hydrogen-bond acceptors (Lipinski definition) is 7. The third-order valence-electron chi connectivity index (χ3n) is 5.29. The van der Waals surface area contributed by atoms with Crippen LogP contribution in [0.15, 0.2) is 28.7 Å². The van der Waals surface area contributed by atoms with Gasteiger partial charge >= 0.3 is 0 Å². The summed E-state index contributed by atoms with van der Waals surface area (Å²) in [7, 11) is 1.65. The summed E-state index contributed by atoms with van der Waals surface area (Å²) in [6.07, 6.45) is 0.862. The van der Waals surface area contributed by atoms with E-state index in [4.69, 9.17) is 18.9 Å². The van der Waals surface area contributed by atoms with Crippen LogP contribution in [0.5, 0.6) is 5.75 Å². The van der Waals surface area contributed by atoms with E-state index in [9.17, 15) is 4.79 Å². The smallest absolute Gasteiger partial charge is 0.263 e. The van der Waals surface area contributed by atoms with E-state index in [2.05, 4.69) is 4.90 Å². The quantitative estimate of drug-likeness (QED) is 0.518. The number of amides is 1. The normalized spacial score (nSPS) is 14.4. The number of thiazole rings is 1. The van der Waals surface area contributed by atoms with E-state index >= 15 is 0 Å². The molecule has 0 aliphatic carbocycles. The first-order chi connectivity index (χ1) is 14.5. The van der Waals surface area contributed by atoms with Crippen molar-refractivity contribution in [3.8, 4) is 5.75 Å². The minimum Gasteiger partial charge on any atom is -0.497 e. The van der Waals surface area contributed by atoms with Crippen molar-refractivity contribution in [3.05, 3.63) is 41.3 Å². The number of carbonyl (C=O) groups excluding carboxylic acids is 1. The highest BCUT2D eigenvalue weighted by Crippen LogP contribution is 2.33. The number of fused-ring (bicyclic) bond motifs is 1. The number of furan rings is 1. The first kappa shape index (κ1) is 23.5. The molecule has 9 heteroatoms. The van der Waals surface area contributed by atoms with Crippen LogP contribution in [0, 0.1) is 13.8 Å². The van der Waals surface area contributed by atoms with Crippen LogP contribution in [0.25, 0.3) is 10.2 Å². The molecule has 3 heterocycles. The molecule has 1 aliphatic rings. The Hall–Kier alpha value is -2.13. The summed E-state index contributed by atoms with van der Waals surface area (Å²) in [6, 6.07) is 7.58. The maximum absolute atomic E-state index is 13.4. The zero-order chi connectivity index (χ0) is 21.1. The number of anilines is 1. The Morgan fingerprint density at radius 2 is 2.03 bits per heavy atom. The minimum atomic E-state index is -0.0719. The molecular formula is C22H28ClN3O4S. The van der Waals surface area contributed by atoms with Crippen molar-refractivity contribution in [2.45, 2.75) is 20.3 Å². The van der Waals surface area contributed by atoms with E-state index in [1.165, 1.54) is 11.3 Å². The maximum atomic E-state index is 13.4. The number of aryl methyl sites for hydroxylation is 2. The Balaban J connectivity index is 0.00000272. The Labute approximate surface area is 192 Å². The van der Waals surface area contributed by atoms with Gasteiger partial charge in [-0.15, -0.1) is 12.4 Å². The summed E-state index contributed by atoms with van der Waals surface area (Å²) in [6.45, 7) is 8.63. The van der Waals surface area contributed by atoms with Crippen LogP contribution in [-0.2, 0) is 4.74 Å². The number of methoxy groups -OCH3 is 1. The van der Waals surface area contributed by atoms with Gasteiger partial charge in [-0.3, -0.25) is 14.6 Å². The van der Waals surface area contributed by atoms with Crippen molar-refractivity contribution in [2.24, 2.45) is 0 Å². The molecule has 0 bridgehead atoms. The molecule has 7 nitrogen and oxygen atoms in total. The number of nitrogens with zero attached hydrogens (tertiary/aromatic N) is 3. The number of hydrogen-bond donors (Lipinski definition) is 0. The molecule has 4 rings (SSSR count). The molecule has 168 valence electrons. The maximum Gasteiger partial charge on any atom is 0.263 e. The third-order valence-corrected chi connectivity index (χ3v) is 6.33. The number of halogens is 1. The highest BCUT2D eigenvalue weighted by Gasteiger charge is 2.25. The standard InChI is InChI=1S/C22H27N3O4S.ClH/c1-15-13-18(16(2)29-15)21(26)25(8-4-7-24-9-11-28-12-10-24)22-23-19-6-5-17(27-3)14-20(19)30-22;/h5-6,13-14H,4,7-12H2,1-3H3;1H. The molecule has 1 aliphatic heterocycles. The fraction of sp³-hybridized carbons (Fsp3) is 0.455. The van der Waals surface area contributed by atoms with Crippen molar-refractivity contribution in [2.75, 3.05) is 51.4 Å². The largest absolute Gasteiger partial charge is 0.497 e. The van der Waals surface area contributed by atoms with Crippen LogP contribution in [0.2, 0.25) is 0 Å². The van der Waals surface area contributed by atoms with Crippen LogP contribution in [-0.4, -0.2) is 62.3 Å². The van der Waals surface area contributed by atoms with Gasteiger partial charge < -0.3 is 13.9 Å². The molecule has 3 aromatic rings. The number of rotatable bonds is 7. The first-order valence-corrected chi connectivity index (χ1v) is 11.0. The second kappa shape index (κ2) is 10.5. The zero-order valence-corrected chi connectivity index (χ0v) is 19.7. The Morgan fingerprint density at radius 3 is 2.71 bits per heavy atom. The van der Waals surface area contributed by atoms with Crippen LogP contribution in [0.4, 0.5) is 5.13 Å².